The molecule has 0 spiro atoms. The Morgan fingerprint density at radius 2 is 1.96 bits per heavy atom. The Morgan fingerprint density at radius 3 is 2.44 bits per heavy atom. The smallest absolute Gasteiger partial charge is 0.339 e. The standard InChI is InChI=1S/C19H20FNO4/c1-2-15-14(18(23)24)10-16(25-15)17(22)21-11-19(8-3-9-19)12-4-6-13(20)7-5-12/h4-7,10H,2-3,8-9,11H2,1H3,(H,21,22)(H,23,24). The molecule has 132 valence electrons. The average Bonchev–Trinajstić information content (AvgIpc) is 3.00. The van der Waals surface area contributed by atoms with Gasteiger partial charge in [-0.15, -0.1) is 0 Å². The lowest BCUT2D eigenvalue weighted by atomic mass is 9.64. The number of aromatic carboxylic acids is 1. The van der Waals surface area contributed by atoms with E-state index < -0.39 is 11.9 Å². The van der Waals surface area contributed by atoms with Crippen LogP contribution in [0.15, 0.2) is 34.7 Å². The van der Waals surface area contributed by atoms with Crippen molar-refractivity contribution < 1.29 is 23.5 Å². The second-order valence-corrected chi connectivity index (χ2v) is 6.43. The molecule has 1 fully saturated rings. The molecule has 1 aliphatic carbocycles. The van der Waals surface area contributed by atoms with E-state index in [1.54, 1.807) is 19.1 Å². The first-order valence-corrected chi connectivity index (χ1v) is 8.35. The number of nitrogens with one attached hydrogen (secondary N) is 1. The molecule has 2 aromatic rings. The predicted molar refractivity (Wildman–Crippen MR) is 89.3 cm³/mol. The minimum Gasteiger partial charge on any atom is -0.478 e. The van der Waals surface area contributed by atoms with Gasteiger partial charge in [-0.2, -0.15) is 0 Å². The molecule has 0 bridgehead atoms. The van der Waals surface area contributed by atoms with E-state index in [1.807, 2.05) is 0 Å². The van der Waals surface area contributed by atoms with E-state index in [9.17, 15) is 14.0 Å². The maximum atomic E-state index is 13.1. The molecule has 0 atom stereocenters. The van der Waals surface area contributed by atoms with Crippen LogP contribution in [-0.4, -0.2) is 23.5 Å². The zero-order chi connectivity index (χ0) is 18.0. The third-order valence-electron chi connectivity index (χ3n) is 4.94. The van der Waals surface area contributed by atoms with Crippen molar-refractivity contribution in [2.75, 3.05) is 6.54 Å². The zero-order valence-corrected chi connectivity index (χ0v) is 14.0. The summed E-state index contributed by atoms with van der Waals surface area (Å²) in [5.41, 5.74) is 0.823. The van der Waals surface area contributed by atoms with Crippen molar-refractivity contribution in [1.29, 1.82) is 0 Å². The Hall–Kier alpha value is -2.63. The topological polar surface area (TPSA) is 79.5 Å². The third kappa shape index (κ3) is 3.29. The van der Waals surface area contributed by atoms with Gasteiger partial charge in [-0.3, -0.25) is 4.79 Å². The fourth-order valence-corrected chi connectivity index (χ4v) is 3.30. The molecule has 0 saturated heterocycles. The van der Waals surface area contributed by atoms with Crippen LogP contribution < -0.4 is 5.32 Å². The predicted octanol–water partition coefficient (Wildman–Crippen LogP) is 3.53. The summed E-state index contributed by atoms with van der Waals surface area (Å²) in [5.74, 6) is -1.54. The molecule has 1 aliphatic rings. The summed E-state index contributed by atoms with van der Waals surface area (Å²) >= 11 is 0. The fourth-order valence-electron chi connectivity index (χ4n) is 3.30. The molecule has 1 saturated carbocycles. The summed E-state index contributed by atoms with van der Waals surface area (Å²) in [4.78, 5) is 23.5. The SMILES string of the molecule is CCc1oc(C(=O)NCC2(c3ccc(F)cc3)CCC2)cc1C(=O)O. The Labute approximate surface area is 144 Å². The van der Waals surface area contributed by atoms with Crippen LogP contribution in [0.1, 0.15) is 58.4 Å². The number of carbonyl (C=O) groups is 2. The van der Waals surface area contributed by atoms with Crippen molar-refractivity contribution in [3.8, 4) is 0 Å². The van der Waals surface area contributed by atoms with Crippen molar-refractivity contribution in [3.63, 3.8) is 0 Å². The van der Waals surface area contributed by atoms with Crippen molar-refractivity contribution >= 4 is 11.9 Å². The maximum Gasteiger partial charge on any atom is 0.339 e. The van der Waals surface area contributed by atoms with E-state index in [2.05, 4.69) is 5.32 Å². The summed E-state index contributed by atoms with van der Waals surface area (Å²) in [6.07, 6.45) is 3.28. The van der Waals surface area contributed by atoms with Gasteiger partial charge in [-0.25, -0.2) is 9.18 Å². The first-order chi connectivity index (χ1) is 11.9. The van der Waals surface area contributed by atoms with Gasteiger partial charge >= 0.3 is 5.97 Å². The molecule has 1 aromatic heterocycles. The van der Waals surface area contributed by atoms with Crippen LogP contribution in [0.3, 0.4) is 0 Å². The molecule has 6 heteroatoms. The van der Waals surface area contributed by atoms with Crippen molar-refractivity contribution in [3.05, 3.63) is 58.8 Å². The number of amides is 1. The number of furan rings is 1. The summed E-state index contributed by atoms with van der Waals surface area (Å²) in [6.45, 7) is 2.17. The Bertz CT molecular complexity index is 790. The molecular formula is C19H20FNO4. The second kappa shape index (κ2) is 6.70. The normalized spacial score (nSPS) is 15.4. The van der Waals surface area contributed by atoms with E-state index in [-0.39, 0.29) is 28.3 Å². The number of benzene rings is 1. The van der Waals surface area contributed by atoms with Crippen LogP contribution in [0, 0.1) is 5.82 Å². The van der Waals surface area contributed by atoms with Gasteiger partial charge in [-0.05, 0) is 30.5 Å². The molecule has 1 amide bonds. The highest BCUT2D eigenvalue weighted by molar-refractivity contribution is 5.96. The molecule has 0 aliphatic heterocycles. The highest BCUT2D eigenvalue weighted by Crippen LogP contribution is 2.43. The number of carboxylic acids is 1. The third-order valence-corrected chi connectivity index (χ3v) is 4.94. The Morgan fingerprint density at radius 1 is 1.28 bits per heavy atom. The van der Waals surface area contributed by atoms with Crippen molar-refractivity contribution in [2.24, 2.45) is 0 Å². The largest absolute Gasteiger partial charge is 0.478 e. The molecule has 1 heterocycles. The van der Waals surface area contributed by atoms with Crippen LogP contribution in [0.4, 0.5) is 4.39 Å². The minimum absolute atomic E-state index is 0.00262. The fraction of sp³-hybridized carbons (Fsp3) is 0.368. The number of aryl methyl sites for hydroxylation is 1. The first-order valence-electron chi connectivity index (χ1n) is 8.35. The van der Waals surface area contributed by atoms with E-state index in [4.69, 9.17) is 9.52 Å². The van der Waals surface area contributed by atoms with E-state index in [0.29, 0.717) is 13.0 Å². The molecule has 25 heavy (non-hydrogen) atoms. The van der Waals surface area contributed by atoms with E-state index >= 15 is 0 Å². The molecule has 3 rings (SSSR count). The average molecular weight is 345 g/mol. The van der Waals surface area contributed by atoms with Crippen LogP contribution in [0.5, 0.6) is 0 Å². The van der Waals surface area contributed by atoms with Gasteiger partial charge in [0.25, 0.3) is 5.91 Å². The lowest BCUT2D eigenvalue weighted by Crippen LogP contribution is -2.45. The van der Waals surface area contributed by atoms with E-state index in [1.165, 1.54) is 18.2 Å². The molecule has 1 aromatic carbocycles. The highest BCUT2D eigenvalue weighted by Gasteiger charge is 2.39. The molecule has 5 nitrogen and oxygen atoms in total. The van der Waals surface area contributed by atoms with E-state index in [0.717, 1.165) is 24.8 Å². The number of carboxylic acid groups (broad SMARTS) is 1. The van der Waals surface area contributed by atoms with Gasteiger partial charge < -0.3 is 14.8 Å². The molecule has 0 radical (unpaired) electrons. The summed E-state index contributed by atoms with van der Waals surface area (Å²) in [6, 6.07) is 7.63. The number of rotatable bonds is 6. The van der Waals surface area contributed by atoms with Crippen LogP contribution >= 0.6 is 0 Å². The van der Waals surface area contributed by atoms with Gasteiger partial charge in [0.1, 0.15) is 17.1 Å². The summed E-state index contributed by atoms with van der Waals surface area (Å²) in [7, 11) is 0. The minimum atomic E-state index is -1.11. The van der Waals surface area contributed by atoms with Crippen LogP contribution in [0.2, 0.25) is 0 Å². The summed E-state index contributed by atoms with van der Waals surface area (Å²) < 4.78 is 18.5. The lowest BCUT2D eigenvalue weighted by Gasteiger charge is -2.42. The monoisotopic (exact) mass is 345 g/mol. The maximum absolute atomic E-state index is 13.1. The summed E-state index contributed by atoms with van der Waals surface area (Å²) in [5, 5.41) is 12.0. The molecular weight excluding hydrogens is 325 g/mol. The van der Waals surface area contributed by atoms with Crippen molar-refractivity contribution in [1.82, 2.24) is 5.32 Å². The van der Waals surface area contributed by atoms with Crippen molar-refractivity contribution in [2.45, 2.75) is 38.0 Å². The lowest BCUT2D eigenvalue weighted by molar-refractivity contribution is 0.0694. The number of carbonyl (C=O) groups excluding carboxylic acids is 1. The number of hydrogen-bond donors (Lipinski definition) is 2. The van der Waals surface area contributed by atoms with Crippen LogP contribution in [-0.2, 0) is 11.8 Å². The highest BCUT2D eigenvalue weighted by atomic mass is 19.1. The van der Waals surface area contributed by atoms with Gasteiger partial charge in [0.15, 0.2) is 5.76 Å². The zero-order valence-electron chi connectivity index (χ0n) is 14.0. The molecule has 0 unspecified atom stereocenters. The van der Waals surface area contributed by atoms with Gasteiger partial charge in [0.05, 0.1) is 0 Å². The second-order valence-electron chi connectivity index (χ2n) is 6.43. The van der Waals surface area contributed by atoms with Gasteiger partial charge in [0, 0.05) is 24.4 Å². The van der Waals surface area contributed by atoms with Crippen LogP contribution in [0.25, 0.3) is 0 Å². The number of hydrogen-bond acceptors (Lipinski definition) is 3. The quantitative estimate of drug-likeness (QED) is 0.839. The molecule has 2 N–H and O–H groups in total. The number of halogens is 1. The Kier molecular flexibility index (Phi) is 4.61. The van der Waals surface area contributed by atoms with Gasteiger partial charge in [-0.1, -0.05) is 25.5 Å². The van der Waals surface area contributed by atoms with Gasteiger partial charge in [0.2, 0.25) is 0 Å². The first kappa shape index (κ1) is 17.2. The Balaban J connectivity index is 1.73.